The Morgan fingerprint density at radius 1 is 0.860 bits per heavy atom. The lowest BCUT2D eigenvalue weighted by Crippen LogP contribution is -2.22. The van der Waals surface area contributed by atoms with Gasteiger partial charge in [0.1, 0.15) is 36.2 Å². The lowest BCUT2D eigenvalue weighted by atomic mass is 9.84. The number of hydrogen-bond donors (Lipinski definition) is 0. The average Bonchev–Trinajstić information content (AvgIpc) is 3.35. The van der Waals surface area contributed by atoms with Gasteiger partial charge in [-0.2, -0.15) is 0 Å². The summed E-state index contributed by atoms with van der Waals surface area (Å²) in [7, 11) is 1.64. The number of ketones is 1. The molecule has 43 heavy (non-hydrogen) atoms. The molecule has 8 heteroatoms. The number of benzene rings is 4. The van der Waals surface area contributed by atoms with E-state index in [2.05, 4.69) is 0 Å². The van der Waals surface area contributed by atoms with Crippen molar-refractivity contribution in [3.05, 3.63) is 112 Å². The molecule has 3 aliphatic rings. The third kappa shape index (κ3) is 5.16. The van der Waals surface area contributed by atoms with Gasteiger partial charge in [-0.3, -0.25) is 9.59 Å². The number of carbonyl (C=O) groups excluding carboxylic acids is 2. The maximum atomic E-state index is 13.5. The molecule has 0 fully saturated rings. The average molecular weight is 577 g/mol. The number of Topliss-reactive ketones (excluding diaryl/α,β-unsaturated/α-hetero) is 1. The molecule has 0 bridgehead atoms. The molecular formula is C35H28O8. The number of para-hydroxylation sites is 1. The van der Waals surface area contributed by atoms with Crippen molar-refractivity contribution in [2.75, 3.05) is 26.9 Å². The molecule has 0 radical (unpaired) electrons. The van der Waals surface area contributed by atoms with Gasteiger partial charge in [-0.1, -0.05) is 36.4 Å². The van der Waals surface area contributed by atoms with Crippen molar-refractivity contribution in [2.45, 2.75) is 18.8 Å². The van der Waals surface area contributed by atoms with E-state index < -0.39 is 5.92 Å². The van der Waals surface area contributed by atoms with E-state index in [1.807, 2.05) is 66.7 Å². The maximum absolute atomic E-state index is 13.5. The van der Waals surface area contributed by atoms with Crippen LogP contribution in [0.5, 0.6) is 34.5 Å². The summed E-state index contributed by atoms with van der Waals surface area (Å²) in [6.45, 7) is 1.41. The summed E-state index contributed by atoms with van der Waals surface area (Å²) in [6, 6.07) is 24.3. The van der Waals surface area contributed by atoms with Crippen molar-refractivity contribution in [2.24, 2.45) is 0 Å². The molecule has 216 valence electrons. The highest BCUT2D eigenvalue weighted by Crippen LogP contribution is 2.50. The Kier molecular flexibility index (Phi) is 6.95. The van der Waals surface area contributed by atoms with Gasteiger partial charge in [0.2, 0.25) is 5.78 Å². The standard InChI is InChI=1S/C35H28O8/c1-38-23-9-6-21(7-10-23)14-15-39-27-5-3-2-4-24(27)26-20-32(36)42-29-13-11-25-34(37)31(43-35(25)33(26)29)19-22-8-12-28-30(18-22)41-17-16-40-28/h2-13,18-19,26H,14-17,20H2,1H3/b31-19-/t26-/m0/s1. The first-order chi connectivity index (χ1) is 21.1. The summed E-state index contributed by atoms with van der Waals surface area (Å²) in [5, 5.41) is 0. The van der Waals surface area contributed by atoms with Crippen LogP contribution in [0.2, 0.25) is 0 Å². The maximum Gasteiger partial charge on any atom is 0.312 e. The van der Waals surface area contributed by atoms with Crippen LogP contribution in [0.4, 0.5) is 0 Å². The molecular weight excluding hydrogens is 548 g/mol. The van der Waals surface area contributed by atoms with Crippen molar-refractivity contribution >= 4 is 17.8 Å². The zero-order valence-electron chi connectivity index (χ0n) is 23.5. The van der Waals surface area contributed by atoms with Crippen molar-refractivity contribution in [3.8, 4) is 34.5 Å². The van der Waals surface area contributed by atoms with Gasteiger partial charge in [-0.15, -0.1) is 0 Å². The zero-order chi connectivity index (χ0) is 29.3. The van der Waals surface area contributed by atoms with Gasteiger partial charge in [-0.25, -0.2) is 0 Å². The topological polar surface area (TPSA) is 89.5 Å². The van der Waals surface area contributed by atoms with Crippen molar-refractivity contribution < 1.29 is 38.0 Å². The number of hydrogen-bond acceptors (Lipinski definition) is 8. The first-order valence-corrected chi connectivity index (χ1v) is 14.1. The number of rotatable bonds is 7. The first-order valence-electron chi connectivity index (χ1n) is 14.1. The summed E-state index contributed by atoms with van der Waals surface area (Å²) >= 11 is 0. The minimum atomic E-state index is -0.426. The fraction of sp³-hybridized carbons (Fsp3) is 0.200. The summed E-state index contributed by atoms with van der Waals surface area (Å²) < 4.78 is 34.7. The lowest BCUT2D eigenvalue weighted by molar-refractivity contribution is -0.135. The number of carbonyl (C=O) groups is 2. The van der Waals surface area contributed by atoms with Crippen LogP contribution in [0.3, 0.4) is 0 Å². The second kappa shape index (κ2) is 11.2. The van der Waals surface area contributed by atoms with Gasteiger partial charge in [-0.05, 0) is 59.7 Å². The highest BCUT2D eigenvalue weighted by atomic mass is 16.6. The molecule has 0 saturated carbocycles. The number of allylic oxidation sites excluding steroid dienone is 1. The van der Waals surface area contributed by atoms with Gasteiger partial charge in [0.25, 0.3) is 0 Å². The molecule has 4 aromatic rings. The van der Waals surface area contributed by atoms with Gasteiger partial charge < -0.3 is 28.4 Å². The second-order valence-electron chi connectivity index (χ2n) is 10.4. The van der Waals surface area contributed by atoms with E-state index in [4.69, 9.17) is 28.4 Å². The Bertz CT molecular complexity index is 1750. The smallest absolute Gasteiger partial charge is 0.312 e. The number of ether oxygens (including phenoxy) is 6. The molecule has 8 nitrogen and oxygen atoms in total. The molecule has 0 spiro atoms. The second-order valence-corrected chi connectivity index (χ2v) is 10.4. The Morgan fingerprint density at radius 3 is 2.49 bits per heavy atom. The molecule has 0 aromatic heterocycles. The van der Waals surface area contributed by atoms with Crippen LogP contribution in [0.1, 0.15) is 45.0 Å². The first kappa shape index (κ1) is 26.6. The van der Waals surface area contributed by atoms with E-state index in [0.717, 1.165) is 22.4 Å². The summed E-state index contributed by atoms with van der Waals surface area (Å²) in [5.74, 6) is 2.68. The minimum Gasteiger partial charge on any atom is -0.497 e. The van der Waals surface area contributed by atoms with Crippen LogP contribution in [-0.4, -0.2) is 38.7 Å². The van der Waals surface area contributed by atoms with Gasteiger partial charge in [0.05, 0.1) is 25.7 Å². The number of esters is 1. The van der Waals surface area contributed by atoms with Crippen LogP contribution in [0, 0.1) is 0 Å². The molecule has 7 rings (SSSR count). The van der Waals surface area contributed by atoms with E-state index in [1.165, 1.54) is 0 Å². The quantitative estimate of drug-likeness (QED) is 0.147. The van der Waals surface area contributed by atoms with Crippen LogP contribution in [0.25, 0.3) is 6.08 Å². The zero-order valence-corrected chi connectivity index (χ0v) is 23.5. The molecule has 0 aliphatic carbocycles. The van der Waals surface area contributed by atoms with Crippen LogP contribution >= 0.6 is 0 Å². The summed E-state index contributed by atoms with van der Waals surface area (Å²) in [4.78, 5) is 26.2. The van der Waals surface area contributed by atoms with Gasteiger partial charge >= 0.3 is 5.97 Å². The van der Waals surface area contributed by atoms with E-state index in [-0.39, 0.29) is 23.9 Å². The molecule has 0 saturated heterocycles. The summed E-state index contributed by atoms with van der Waals surface area (Å²) in [6.07, 6.45) is 2.47. The van der Waals surface area contributed by atoms with E-state index in [0.29, 0.717) is 66.1 Å². The molecule has 0 N–H and O–H groups in total. The fourth-order valence-corrected chi connectivity index (χ4v) is 5.64. The highest BCUT2D eigenvalue weighted by Gasteiger charge is 2.39. The Hall–Kier alpha value is -5.24. The predicted octanol–water partition coefficient (Wildman–Crippen LogP) is 6.15. The van der Waals surface area contributed by atoms with Gasteiger partial charge in [0.15, 0.2) is 17.3 Å². The monoisotopic (exact) mass is 576 g/mol. The highest BCUT2D eigenvalue weighted by molar-refractivity contribution is 6.15. The third-order valence-electron chi connectivity index (χ3n) is 7.75. The number of methoxy groups -OCH3 is 1. The Balaban J connectivity index is 1.18. The normalized spacial score (nSPS) is 17.5. The van der Waals surface area contributed by atoms with Crippen molar-refractivity contribution in [1.29, 1.82) is 0 Å². The van der Waals surface area contributed by atoms with E-state index >= 15 is 0 Å². The lowest BCUT2D eigenvalue weighted by Gasteiger charge is -2.27. The van der Waals surface area contributed by atoms with E-state index in [1.54, 1.807) is 25.3 Å². The SMILES string of the molecule is COc1ccc(CCOc2ccccc2[C@@H]2CC(=O)Oc3ccc4c(c32)O/C(=C\c2ccc3c(c2)OCCO3)C4=O)cc1. The Labute approximate surface area is 248 Å². The molecule has 0 amide bonds. The minimum absolute atomic E-state index is 0.0844. The van der Waals surface area contributed by atoms with Crippen LogP contribution in [-0.2, 0) is 11.2 Å². The van der Waals surface area contributed by atoms with Crippen molar-refractivity contribution in [3.63, 3.8) is 0 Å². The molecule has 4 aromatic carbocycles. The molecule has 3 heterocycles. The molecule has 0 unspecified atom stereocenters. The summed E-state index contributed by atoms with van der Waals surface area (Å²) in [5.41, 5.74) is 3.76. The van der Waals surface area contributed by atoms with Crippen LogP contribution < -0.4 is 28.4 Å². The predicted molar refractivity (Wildman–Crippen MR) is 158 cm³/mol. The van der Waals surface area contributed by atoms with Crippen LogP contribution in [0.15, 0.2) is 84.6 Å². The largest absolute Gasteiger partial charge is 0.497 e. The fourth-order valence-electron chi connectivity index (χ4n) is 5.64. The van der Waals surface area contributed by atoms with Crippen molar-refractivity contribution in [1.82, 2.24) is 0 Å². The van der Waals surface area contributed by atoms with Gasteiger partial charge in [0, 0.05) is 23.5 Å². The van der Waals surface area contributed by atoms with E-state index in [9.17, 15) is 9.59 Å². The number of fused-ring (bicyclic) bond motifs is 4. The molecule has 1 atom stereocenters. The third-order valence-corrected chi connectivity index (χ3v) is 7.75. The molecule has 3 aliphatic heterocycles. The Morgan fingerprint density at radius 2 is 1.65 bits per heavy atom.